The van der Waals surface area contributed by atoms with Crippen LogP contribution in [0.25, 0.3) is 0 Å². The van der Waals surface area contributed by atoms with Gasteiger partial charge in [-0.25, -0.2) is 9.18 Å². The minimum absolute atomic E-state index is 0.0407. The van der Waals surface area contributed by atoms with Gasteiger partial charge in [0, 0.05) is 31.4 Å². The lowest BCUT2D eigenvalue weighted by atomic mass is 10.0. The molecule has 0 bridgehead atoms. The number of hydrogen-bond acceptors (Lipinski definition) is 3. The second kappa shape index (κ2) is 10.1. The fourth-order valence-electron chi connectivity index (χ4n) is 3.51. The molecule has 6 heteroatoms. The Labute approximate surface area is 166 Å². The van der Waals surface area contributed by atoms with Crippen molar-refractivity contribution in [3.63, 3.8) is 0 Å². The second-order valence-corrected chi connectivity index (χ2v) is 7.25. The Morgan fingerprint density at radius 2 is 1.82 bits per heavy atom. The average molecular weight is 384 g/mol. The van der Waals surface area contributed by atoms with Gasteiger partial charge in [-0.2, -0.15) is 0 Å². The van der Waals surface area contributed by atoms with E-state index in [1.165, 1.54) is 17.7 Å². The first-order valence-corrected chi connectivity index (χ1v) is 9.97. The summed E-state index contributed by atoms with van der Waals surface area (Å²) in [6.45, 7) is 2.63. The summed E-state index contributed by atoms with van der Waals surface area (Å²) in [5.74, 6) is -0.243. The standard InChI is InChI=1S/C22H29FN4O/c23-19-3-1-2-18(16-19)9-13-25-22(28)27-14-10-21(11-15-27)26-20-6-4-17(5-7-20)8-12-24/h1-7,16,21,26H,8-15,24H2,(H,25,28). The van der Waals surface area contributed by atoms with Gasteiger partial charge in [0.1, 0.15) is 5.82 Å². The predicted molar refractivity (Wildman–Crippen MR) is 111 cm³/mol. The van der Waals surface area contributed by atoms with Crippen molar-refractivity contribution in [1.29, 1.82) is 0 Å². The highest BCUT2D eigenvalue weighted by Gasteiger charge is 2.22. The highest BCUT2D eigenvalue weighted by molar-refractivity contribution is 5.74. The number of urea groups is 1. The van der Waals surface area contributed by atoms with E-state index in [0.717, 1.165) is 43.6 Å². The van der Waals surface area contributed by atoms with Gasteiger partial charge in [0.25, 0.3) is 0 Å². The highest BCUT2D eigenvalue weighted by atomic mass is 19.1. The van der Waals surface area contributed by atoms with E-state index >= 15 is 0 Å². The van der Waals surface area contributed by atoms with Gasteiger partial charge in [-0.05, 0) is 67.6 Å². The number of piperidine rings is 1. The van der Waals surface area contributed by atoms with Crippen LogP contribution >= 0.6 is 0 Å². The van der Waals surface area contributed by atoms with Crippen LogP contribution in [-0.2, 0) is 12.8 Å². The molecule has 2 aromatic rings. The molecule has 2 amide bonds. The van der Waals surface area contributed by atoms with Gasteiger partial charge < -0.3 is 21.3 Å². The van der Waals surface area contributed by atoms with Gasteiger partial charge in [0.15, 0.2) is 0 Å². The lowest BCUT2D eigenvalue weighted by molar-refractivity contribution is 0.184. The van der Waals surface area contributed by atoms with Crippen LogP contribution in [0.4, 0.5) is 14.9 Å². The molecular formula is C22H29FN4O. The van der Waals surface area contributed by atoms with Crippen LogP contribution in [0.5, 0.6) is 0 Å². The fraction of sp³-hybridized carbons (Fsp3) is 0.409. The molecule has 1 fully saturated rings. The number of carbonyl (C=O) groups excluding carboxylic acids is 1. The minimum Gasteiger partial charge on any atom is -0.382 e. The van der Waals surface area contributed by atoms with E-state index in [1.807, 2.05) is 11.0 Å². The van der Waals surface area contributed by atoms with Crippen molar-refractivity contribution in [2.75, 3.05) is 31.5 Å². The molecule has 5 nitrogen and oxygen atoms in total. The third-order valence-electron chi connectivity index (χ3n) is 5.12. The molecule has 0 unspecified atom stereocenters. The SMILES string of the molecule is NCCc1ccc(NC2CCN(C(=O)NCCc3cccc(F)c3)CC2)cc1. The topological polar surface area (TPSA) is 70.4 Å². The Balaban J connectivity index is 1.37. The van der Waals surface area contributed by atoms with Crippen molar-refractivity contribution in [3.05, 3.63) is 65.5 Å². The monoisotopic (exact) mass is 384 g/mol. The number of nitrogens with zero attached hydrogens (tertiary/aromatic N) is 1. The lowest BCUT2D eigenvalue weighted by Gasteiger charge is -2.33. The highest BCUT2D eigenvalue weighted by Crippen LogP contribution is 2.17. The maximum Gasteiger partial charge on any atom is 0.317 e. The molecule has 1 aliphatic rings. The molecule has 0 aromatic heterocycles. The predicted octanol–water partition coefficient (Wildman–Crippen LogP) is 3.16. The number of hydrogen-bond donors (Lipinski definition) is 3. The first kappa shape index (κ1) is 20.1. The molecule has 0 spiro atoms. The van der Waals surface area contributed by atoms with Crippen LogP contribution in [0.1, 0.15) is 24.0 Å². The molecule has 0 aliphatic carbocycles. The first-order chi connectivity index (χ1) is 13.6. The number of nitrogens with two attached hydrogens (primary N) is 1. The Kier molecular flexibility index (Phi) is 7.25. The second-order valence-electron chi connectivity index (χ2n) is 7.25. The quantitative estimate of drug-likeness (QED) is 0.687. The van der Waals surface area contributed by atoms with Gasteiger partial charge >= 0.3 is 6.03 Å². The largest absolute Gasteiger partial charge is 0.382 e. The zero-order valence-electron chi connectivity index (χ0n) is 16.2. The normalized spacial score (nSPS) is 14.7. The van der Waals surface area contributed by atoms with Crippen LogP contribution in [0.2, 0.25) is 0 Å². The average Bonchev–Trinajstić information content (AvgIpc) is 2.70. The van der Waals surface area contributed by atoms with E-state index in [1.54, 1.807) is 6.07 Å². The molecule has 1 aliphatic heterocycles. The summed E-state index contributed by atoms with van der Waals surface area (Å²) in [6.07, 6.45) is 3.36. The summed E-state index contributed by atoms with van der Waals surface area (Å²) >= 11 is 0. The molecule has 1 heterocycles. The number of likely N-dealkylation sites (tertiary alicyclic amines) is 1. The summed E-state index contributed by atoms with van der Waals surface area (Å²) < 4.78 is 13.2. The summed E-state index contributed by atoms with van der Waals surface area (Å²) in [7, 11) is 0. The fourth-order valence-corrected chi connectivity index (χ4v) is 3.51. The zero-order chi connectivity index (χ0) is 19.8. The molecule has 3 rings (SSSR count). The number of benzene rings is 2. The van der Waals surface area contributed by atoms with E-state index in [2.05, 4.69) is 34.9 Å². The van der Waals surface area contributed by atoms with Crippen LogP contribution in [0.15, 0.2) is 48.5 Å². The van der Waals surface area contributed by atoms with Crippen molar-refractivity contribution in [1.82, 2.24) is 10.2 Å². The Bertz CT molecular complexity index is 757. The third-order valence-corrected chi connectivity index (χ3v) is 5.12. The van der Waals surface area contributed by atoms with E-state index in [9.17, 15) is 9.18 Å². The summed E-state index contributed by atoms with van der Waals surface area (Å²) in [5, 5.41) is 6.49. The maximum atomic E-state index is 13.2. The van der Waals surface area contributed by atoms with Gasteiger partial charge in [0.05, 0.1) is 0 Å². The van der Waals surface area contributed by atoms with Crippen LogP contribution in [0, 0.1) is 5.82 Å². The molecule has 0 radical (unpaired) electrons. The van der Waals surface area contributed by atoms with Gasteiger partial charge in [-0.15, -0.1) is 0 Å². The van der Waals surface area contributed by atoms with Crippen LogP contribution < -0.4 is 16.4 Å². The van der Waals surface area contributed by atoms with E-state index < -0.39 is 0 Å². The van der Waals surface area contributed by atoms with Gasteiger partial charge in [0.2, 0.25) is 0 Å². The Hall–Kier alpha value is -2.60. The number of halogens is 1. The van der Waals surface area contributed by atoms with Crippen molar-refractivity contribution >= 4 is 11.7 Å². The van der Waals surface area contributed by atoms with E-state index in [4.69, 9.17) is 5.73 Å². The molecule has 4 N–H and O–H groups in total. The van der Waals surface area contributed by atoms with Crippen LogP contribution in [-0.4, -0.2) is 43.2 Å². The Morgan fingerprint density at radius 1 is 1.07 bits per heavy atom. The smallest absolute Gasteiger partial charge is 0.317 e. The molecule has 0 atom stereocenters. The maximum absolute atomic E-state index is 13.2. The minimum atomic E-state index is -0.243. The van der Waals surface area contributed by atoms with E-state index in [-0.39, 0.29) is 11.8 Å². The van der Waals surface area contributed by atoms with Crippen molar-refractivity contribution in [3.8, 4) is 0 Å². The molecule has 28 heavy (non-hydrogen) atoms. The lowest BCUT2D eigenvalue weighted by Crippen LogP contribution is -2.47. The van der Waals surface area contributed by atoms with Crippen molar-refractivity contribution in [2.24, 2.45) is 5.73 Å². The molecule has 1 saturated heterocycles. The van der Waals surface area contributed by atoms with Crippen molar-refractivity contribution < 1.29 is 9.18 Å². The third kappa shape index (κ3) is 5.96. The molecule has 2 aromatic carbocycles. The zero-order valence-corrected chi connectivity index (χ0v) is 16.2. The van der Waals surface area contributed by atoms with Gasteiger partial charge in [-0.3, -0.25) is 0 Å². The van der Waals surface area contributed by atoms with E-state index in [0.29, 0.717) is 25.6 Å². The van der Waals surface area contributed by atoms with Crippen molar-refractivity contribution in [2.45, 2.75) is 31.7 Å². The number of carbonyl (C=O) groups is 1. The molecular weight excluding hydrogens is 355 g/mol. The molecule has 150 valence electrons. The number of anilines is 1. The first-order valence-electron chi connectivity index (χ1n) is 9.97. The van der Waals surface area contributed by atoms with Gasteiger partial charge in [-0.1, -0.05) is 24.3 Å². The molecule has 0 saturated carbocycles. The number of amides is 2. The summed E-state index contributed by atoms with van der Waals surface area (Å²) in [5.41, 5.74) is 8.83. The summed E-state index contributed by atoms with van der Waals surface area (Å²) in [6, 6.07) is 15.2. The number of nitrogens with one attached hydrogen (secondary N) is 2. The Morgan fingerprint density at radius 3 is 2.50 bits per heavy atom. The van der Waals surface area contributed by atoms with Crippen LogP contribution in [0.3, 0.4) is 0 Å². The number of rotatable bonds is 7. The summed E-state index contributed by atoms with van der Waals surface area (Å²) in [4.78, 5) is 14.2.